The molecular weight excluding hydrogens is 256 g/mol. The summed E-state index contributed by atoms with van der Waals surface area (Å²) in [6, 6.07) is 6.06. The van der Waals surface area contributed by atoms with Gasteiger partial charge in [-0.1, -0.05) is 0 Å². The van der Waals surface area contributed by atoms with Crippen molar-refractivity contribution in [1.29, 1.82) is 0 Å². The fourth-order valence-corrected chi connectivity index (χ4v) is 2.96. The number of anilines is 1. The lowest BCUT2D eigenvalue weighted by molar-refractivity contribution is -0.114. The van der Waals surface area contributed by atoms with Crippen LogP contribution in [0.2, 0.25) is 0 Å². The minimum absolute atomic E-state index is 0.0930. The summed E-state index contributed by atoms with van der Waals surface area (Å²) in [7, 11) is -3.49. The van der Waals surface area contributed by atoms with E-state index in [2.05, 4.69) is 5.32 Å². The molecule has 2 rings (SSSR count). The number of hydrogen-bond acceptors (Lipinski definition) is 4. The second-order valence-electron chi connectivity index (χ2n) is 3.92. The molecule has 6 nitrogen and oxygen atoms in total. The second kappa shape index (κ2) is 5.05. The molecule has 0 bridgehead atoms. The molecule has 7 heteroatoms. The van der Waals surface area contributed by atoms with Crippen LogP contribution in [0.3, 0.4) is 0 Å². The van der Waals surface area contributed by atoms with Crippen molar-refractivity contribution in [2.75, 3.05) is 25.2 Å². The van der Waals surface area contributed by atoms with Gasteiger partial charge in [-0.05, 0) is 24.3 Å². The van der Waals surface area contributed by atoms with Gasteiger partial charge in [0.2, 0.25) is 15.9 Å². The first-order valence-corrected chi connectivity index (χ1v) is 6.90. The lowest BCUT2D eigenvalue weighted by Crippen LogP contribution is -2.28. The molecule has 0 spiro atoms. The maximum atomic E-state index is 12.1. The molecule has 1 aliphatic rings. The molecule has 1 fully saturated rings. The van der Waals surface area contributed by atoms with Crippen LogP contribution in [0.15, 0.2) is 29.2 Å². The molecule has 98 valence electrons. The molecule has 1 amide bonds. The molecule has 1 aromatic rings. The smallest absolute Gasteiger partial charge is 0.245 e. The van der Waals surface area contributed by atoms with Gasteiger partial charge in [0, 0.05) is 19.2 Å². The minimum Gasteiger partial charge on any atom is -0.364 e. The van der Waals surface area contributed by atoms with Gasteiger partial charge < -0.3 is 10.1 Å². The molecule has 0 radical (unpaired) electrons. The van der Waals surface area contributed by atoms with Crippen molar-refractivity contribution in [2.45, 2.75) is 11.8 Å². The van der Waals surface area contributed by atoms with Gasteiger partial charge in [-0.15, -0.1) is 0 Å². The SMILES string of the molecule is CC(=O)Nc1ccc(S(=O)(=O)N2CCOC2)cc1. The largest absolute Gasteiger partial charge is 0.364 e. The third-order valence-corrected chi connectivity index (χ3v) is 4.37. The zero-order chi connectivity index (χ0) is 13.2. The summed E-state index contributed by atoms with van der Waals surface area (Å²) in [4.78, 5) is 11.0. The van der Waals surface area contributed by atoms with E-state index in [9.17, 15) is 13.2 Å². The number of carbonyl (C=O) groups is 1. The van der Waals surface area contributed by atoms with Crippen molar-refractivity contribution < 1.29 is 17.9 Å². The van der Waals surface area contributed by atoms with Gasteiger partial charge in [0.15, 0.2) is 0 Å². The summed E-state index contributed by atoms with van der Waals surface area (Å²) in [5.41, 5.74) is 0.569. The summed E-state index contributed by atoms with van der Waals surface area (Å²) in [5, 5.41) is 2.58. The fourth-order valence-electron chi connectivity index (χ4n) is 1.65. The van der Waals surface area contributed by atoms with E-state index in [-0.39, 0.29) is 17.5 Å². The first-order valence-electron chi connectivity index (χ1n) is 5.46. The summed E-state index contributed by atoms with van der Waals surface area (Å²) >= 11 is 0. The number of carbonyl (C=O) groups excluding carboxylic acids is 1. The summed E-state index contributed by atoms with van der Waals surface area (Å²) in [5.74, 6) is -0.196. The third-order valence-electron chi connectivity index (χ3n) is 2.53. The topological polar surface area (TPSA) is 75.7 Å². The van der Waals surface area contributed by atoms with Crippen molar-refractivity contribution >= 4 is 21.6 Å². The van der Waals surface area contributed by atoms with E-state index in [0.717, 1.165) is 0 Å². The highest BCUT2D eigenvalue weighted by atomic mass is 32.2. The number of amides is 1. The molecule has 1 heterocycles. The van der Waals surface area contributed by atoms with Crippen LogP contribution in [0.25, 0.3) is 0 Å². The van der Waals surface area contributed by atoms with Crippen molar-refractivity contribution in [2.24, 2.45) is 0 Å². The van der Waals surface area contributed by atoms with Gasteiger partial charge in [-0.2, -0.15) is 4.31 Å². The molecule has 0 aliphatic carbocycles. The average Bonchev–Trinajstić information content (AvgIpc) is 2.83. The molecule has 0 saturated carbocycles. The summed E-state index contributed by atoms with van der Waals surface area (Å²) < 4.78 is 30.6. The van der Waals surface area contributed by atoms with Crippen molar-refractivity contribution in [1.82, 2.24) is 4.31 Å². The maximum Gasteiger partial charge on any atom is 0.245 e. The van der Waals surface area contributed by atoms with Gasteiger partial charge in [-0.3, -0.25) is 4.79 Å². The Kier molecular flexibility index (Phi) is 3.65. The maximum absolute atomic E-state index is 12.1. The van der Waals surface area contributed by atoms with Gasteiger partial charge in [0.05, 0.1) is 11.5 Å². The Morgan fingerprint density at radius 1 is 1.33 bits per heavy atom. The number of nitrogens with one attached hydrogen (secondary N) is 1. The van der Waals surface area contributed by atoms with Gasteiger partial charge in [0.25, 0.3) is 0 Å². The van der Waals surface area contributed by atoms with Gasteiger partial charge in [-0.25, -0.2) is 8.42 Å². The highest BCUT2D eigenvalue weighted by Gasteiger charge is 2.27. The zero-order valence-corrected chi connectivity index (χ0v) is 10.7. The van der Waals surface area contributed by atoms with Crippen LogP contribution < -0.4 is 5.32 Å². The molecule has 0 aromatic heterocycles. The third kappa shape index (κ3) is 2.69. The Balaban J connectivity index is 2.20. The first-order chi connectivity index (χ1) is 8.50. The Labute approximate surface area is 106 Å². The van der Waals surface area contributed by atoms with E-state index in [4.69, 9.17) is 4.74 Å². The molecule has 1 aromatic carbocycles. The predicted octanol–water partition coefficient (Wildman–Crippen LogP) is 0.623. The Hall–Kier alpha value is -1.44. The summed E-state index contributed by atoms with van der Waals surface area (Å²) in [6.45, 7) is 2.28. The lowest BCUT2D eigenvalue weighted by atomic mass is 10.3. The number of hydrogen-bond donors (Lipinski definition) is 1. The zero-order valence-electron chi connectivity index (χ0n) is 9.92. The first kappa shape index (κ1) is 13.0. The monoisotopic (exact) mass is 270 g/mol. The molecule has 1 saturated heterocycles. The van der Waals surface area contributed by atoms with E-state index in [1.54, 1.807) is 12.1 Å². The molecule has 0 atom stereocenters. The quantitative estimate of drug-likeness (QED) is 0.873. The Morgan fingerprint density at radius 2 is 2.00 bits per heavy atom. The number of benzene rings is 1. The van der Waals surface area contributed by atoms with Crippen LogP contribution in [0, 0.1) is 0 Å². The van der Waals surface area contributed by atoms with Crippen LogP contribution in [0.5, 0.6) is 0 Å². The fraction of sp³-hybridized carbons (Fsp3) is 0.364. The van der Waals surface area contributed by atoms with Crippen molar-refractivity contribution in [3.05, 3.63) is 24.3 Å². The van der Waals surface area contributed by atoms with E-state index >= 15 is 0 Å². The van der Waals surface area contributed by atoms with Gasteiger partial charge in [0.1, 0.15) is 6.73 Å². The van der Waals surface area contributed by atoms with Crippen LogP contribution in [0.4, 0.5) is 5.69 Å². The standard InChI is InChI=1S/C11H14N2O4S/c1-9(14)12-10-2-4-11(5-3-10)18(15,16)13-6-7-17-8-13/h2-5H,6-8H2,1H3,(H,12,14). The van der Waals surface area contributed by atoms with Crippen LogP contribution in [-0.4, -0.2) is 38.5 Å². The van der Waals surface area contributed by atoms with Crippen LogP contribution >= 0.6 is 0 Å². The van der Waals surface area contributed by atoms with Crippen molar-refractivity contribution in [3.8, 4) is 0 Å². The van der Waals surface area contributed by atoms with E-state index in [1.165, 1.54) is 23.4 Å². The number of rotatable bonds is 3. The molecule has 18 heavy (non-hydrogen) atoms. The highest BCUT2D eigenvalue weighted by Crippen LogP contribution is 2.19. The average molecular weight is 270 g/mol. The predicted molar refractivity (Wildman–Crippen MR) is 65.5 cm³/mol. The number of nitrogens with zero attached hydrogens (tertiary/aromatic N) is 1. The highest BCUT2D eigenvalue weighted by molar-refractivity contribution is 7.89. The van der Waals surface area contributed by atoms with E-state index < -0.39 is 10.0 Å². The molecule has 0 unspecified atom stereocenters. The number of sulfonamides is 1. The minimum atomic E-state index is -3.49. The molecular formula is C11H14N2O4S. The van der Waals surface area contributed by atoms with Gasteiger partial charge >= 0.3 is 0 Å². The molecule has 1 aliphatic heterocycles. The second-order valence-corrected chi connectivity index (χ2v) is 5.86. The lowest BCUT2D eigenvalue weighted by Gasteiger charge is -2.14. The number of ether oxygens (including phenoxy) is 1. The summed E-state index contributed by atoms with van der Waals surface area (Å²) in [6.07, 6.45) is 0. The van der Waals surface area contributed by atoms with Crippen LogP contribution in [-0.2, 0) is 19.6 Å². The Morgan fingerprint density at radius 3 is 2.50 bits per heavy atom. The van der Waals surface area contributed by atoms with E-state index in [0.29, 0.717) is 18.8 Å². The van der Waals surface area contributed by atoms with E-state index in [1.807, 2.05) is 0 Å². The molecule has 1 N–H and O–H groups in total. The van der Waals surface area contributed by atoms with Crippen molar-refractivity contribution in [3.63, 3.8) is 0 Å². The normalized spacial score (nSPS) is 16.7. The Bertz CT molecular complexity index is 533. The van der Waals surface area contributed by atoms with Crippen LogP contribution in [0.1, 0.15) is 6.92 Å².